The molecule has 0 bridgehead atoms. The van der Waals surface area contributed by atoms with Crippen molar-refractivity contribution in [1.29, 1.82) is 0 Å². The first kappa shape index (κ1) is 23.7. The Morgan fingerprint density at radius 3 is 2.48 bits per heavy atom. The lowest BCUT2D eigenvalue weighted by Gasteiger charge is -2.30. The maximum atomic E-state index is 12.2. The van der Waals surface area contributed by atoms with Gasteiger partial charge in [0.25, 0.3) is 0 Å². The molecule has 0 amide bonds. The van der Waals surface area contributed by atoms with E-state index >= 15 is 0 Å². The summed E-state index contributed by atoms with van der Waals surface area (Å²) in [7, 11) is 0. The van der Waals surface area contributed by atoms with Crippen molar-refractivity contribution in [3.8, 4) is 5.75 Å². The molecule has 1 aromatic carbocycles. The number of alkyl halides is 3. The van der Waals surface area contributed by atoms with Crippen LogP contribution in [0.3, 0.4) is 0 Å². The van der Waals surface area contributed by atoms with Crippen molar-refractivity contribution in [1.82, 2.24) is 4.90 Å². The number of hydrogen-bond donors (Lipinski definition) is 2. The molecule has 1 aromatic heterocycles. The molecule has 0 spiro atoms. The minimum absolute atomic E-state index is 0. The smallest absolute Gasteiger partial charge is 0.406 e. The lowest BCUT2D eigenvalue weighted by molar-refractivity contribution is -0.274. The van der Waals surface area contributed by atoms with Crippen molar-refractivity contribution in [2.75, 3.05) is 25.0 Å². The van der Waals surface area contributed by atoms with Gasteiger partial charge in [-0.3, -0.25) is 9.89 Å². The predicted molar refractivity (Wildman–Crippen MR) is 121 cm³/mol. The Morgan fingerprint density at radius 1 is 1.21 bits per heavy atom. The number of benzene rings is 1. The summed E-state index contributed by atoms with van der Waals surface area (Å²) in [5.74, 6) is 0.468. The molecular weight excluding hydrogens is 516 g/mol. The number of ether oxygens (including phenoxy) is 1. The van der Waals surface area contributed by atoms with Crippen molar-refractivity contribution >= 4 is 47.0 Å². The van der Waals surface area contributed by atoms with E-state index in [4.69, 9.17) is 5.73 Å². The number of nitrogens with zero attached hydrogens (tertiary/aromatic N) is 2. The molecule has 0 aliphatic carbocycles. The number of aliphatic imine (C=N–C) groups is 1. The number of anilines is 1. The van der Waals surface area contributed by atoms with Crippen LogP contribution in [0.1, 0.15) is 17.7 Å². The molecule has 0 saturated carbocycles. The van der Waals surface area contributed by atoms with E-state index in [0.29, 0.717) is 18.2 Å². The van der Waals surface area contributed by atoms with Gasteiger partial charge >= 0.3 is 6.36 Å². The van der Waals surface area contributed by atoms with Gasteiger partial charge in [-0.15, -0.1) is 48.5 Å². The first-order valence-corrected chi connectivity index (χ1v) is 9.93. The van der Waals surface area contributed by atoms with Crippen molar-refractivity contribution in [2.45, 2.75) is 25.7 Å². The second-order valence-corrected chi connectivity index (χ2v) is 7.75. The zero-order valence-corrected chi connectivity index (χ0v) is 18.8. The first-order chi connectivity index (χ1) is 13.4. The van der Waals surface area contributed by atoms with Crippen molar-refractivity contribution in [3.05, 3.63) is 46.7 Å². The monoisotopic (exact) mass is 540 g/mol. The second kappa shape index (κ2) is 11.0. The van der Waals surface area contributed by atoms with Crippen LogP contribution in [0.25, 0.3) is 0 Å². The van der Waals surface area contributed by atoms with Gasteiger partial charge < -0.3 is 15.8 Å². The molecule has 1 aliphatic rings. The van der Waals surface area contributed by atoms with Crippen LogP contribution in [0.2, 0.25) is 0 Å². The summed E-state index contributed by atoms with van der Waals surface area (Å²) in [6.45, 7) is 3.74. The third kappa shape index (κ3) is 8.39. The number of likely N-dealkylation sites (tertiary alicyclic amines) is 1. The maximum absolute atomic E-state index is 12.2. The number of rotatable bonds is 6. The molecular formula is C19H24F3IN4OS. The van der Waals surface area contributed by atoms with Crippen LogP contribution in [0.5, 0.6) is 5.75 Å². The summed E-state index contributed by atoms with van der Waals surface area (Å²) >= 11 is 1.78. The molecule has 0 atom stereocenters. The van der Waals surface area contributed by atoms with Gasteiger partial charge in [-0.1, -0.05) is 6.07 Å². The molecule has 29 heavy (non-hydrogen) atoms. The van der Waals surface area contributed by atoms with Crippen molar-refractivity contribution in [3.63, 3.8) is 0 Å². The van der Waals surface area contributed by atoms with Gasteiger partial charge in [-0.25, -0.2) is 0 Å². The highest BCUT2D eigenvalue weighted by Gasteiger charge is 2.30. The van der Waals surface area contributed by atoms with E-state index in [1.807, 2.05) is 0 Å². The highest BCUT2D eigenvalue weighted by atomic mass is 127. The summed E-state index contributed by atoms with van der Waals surface area (Å²) in [6.07, 6.45) is -2.55. The van der Waals surface area contributed by atoms with Gasteiger partial charge in [-0.2, -0.15) is 0 Å². The Morgan fingerprint density at radius 2 is 1.90 bits per heavy atom. The molecule has 160 valence electrons. The molecule has 0 unspecified atom stereocenters. The van der Waals surface area contributed by atoms with Gasteiger partial charge in [0.15, 0.2) is 5.96 Å². The number of guanidine groups is 1. The van der Waals surface area contributed by atoms with Crippen LogP contribution in [-0.4, -0.2) is 36.9 Å². The molecule has 5 nitrogen and oxygen atoms in total. The van der Waals surface area contributed by atoms with Crippen LogP contribution in [0.15, 0.2) is 46.8 Å². The molecule has 10 heteroatoms. The fraction of sp³-hybridized carbons (Fsp3) is 0.421. The SMILES string of the molecule is I.NC(=NCC1CCN(Cc2cccs2)CC1)Nc1ccc(OC(F)(F)F)cc1. The van der Waals surface area contributed by atoms with Crippen LogP contribution in [0, 0.1) is 5.92 Å². The largest absolute Gasteiger partial charge is 0.573 e. The van der Waals surface area contributed by atoms with Gasteiger partial charge in [0.1, 0.15) is 5.75 Å². The van der Waals surface area contributed by atoms with E-state index in [0.717, 1.165) is 32.5 Å². The summed E-state index contributed by atoms with van der Waals surface area (Å²) in [4.78, 5) is 8.22. The highest BCUT2D eigenvalue weighted by molar-refractivity contribution is 14.0. The van der Waals surface area contributed by atoms with E-state index in [9.17, 15) is 13.2 Å². The summed E-state index contributed by atoms with van der Waals surface area (Å²) < 4.78 is 40.3. The zero-order chi connectivity index (χ0) is 20.0. The minimum atomic E-state index is -4.70. The molecule has 3 rings (SSSR count). The van der Waals surface area contributed by atoms with Gasteiger partial charge in [0.2, 0.25) is 0 Å². The van der Waals surface area contributed by atoms with E-state index < -0.39 is 6.36 Å². The average molecular weight is 540 g/mol. The average Bonchev–Trinajstić information content (AvgIpc) is 3.15. The molecule has 1 aliphatic heterocycles. The fourth-order valence-corrected chi connectivity index (χ4v) is 3.85. The van der Waals surface area contributed by atoms with E-state index in [1.54, 1.807) is 11.3 Å². The number of nitrogens with one attached hydrogen (secondary N) is 1. The molecule has 1 saturated heterocycles. The van der Waals surface area contributed by atoms with Crippen molar-refractivity contribution < 1.29 is 17.9 Å². The highest BCUT2D eigenvalue weighted by Crippen LogP contribution is 2.24. The standard InChI is InChI=1S/C19H23F3N4OS.HI/c20-19(21,22)27-16-5-3-15(4-6-16)25-18(23)24-12-14-7-9-26(10-8-14)13-17-2-1-11-28-17;/h1-6,11,14H,7-10,12-13H2,(H3,23,24,25);1H. The van der Waals surface area contributed by atoms with E-state index in [1.165, 1.54) is 29.1 Å². The lowest BCUT2D eigenvalue weighted by Crippen LogP contribution is -2.34. The Kier molecular flexibility index (Phi) is 9.03. The lowest BCUT2D eigenvalue weighted by atomic mass is 9.97. The number of halogens is 4. The topological polar surface area (TPSA) is 62.9 Å². The summed E-state index contributed by atoms with van der Waals surface area (Å²) in [5, 5.41) is 4.99. The van der Waals surface area contributed by atoms with Crippen LogP contribution in [0.4, 0.5) is 18.9 Å². The maximum Gasteiger partial charge on any atom is 0.573 e. The minimum Gasteiger partial charge on any atom is -0.406 e. The predicted octanol–water partition coefficient (Wildman–Crippen LogP) is 4.90. The molecule has 2 aromatic rings. The molecule has 3 N–H and O–H groups in total. The van der Waals surface area contributed by atoms with Crippen LogP contribution >= 0.6 is 35.3 Å². The number of hydrogen-bond acceptors (Lipinski definition) is 4. The normalized spacial score (nSPS) is 16.3. The number of piperidine rings is 1. The van der Waals surface area contributed by atoms with Crippen LogP contribution < -0.4 is 15.8 Å². The van der Waals surface area contributed by atoms with E-state index in [-0.39, 0.29) is 35.7 Å². The summed E-state index contributed by atoms with van der Waals surface area (Å²) in [6, 6.07) is 9.63. The summed E-state index contributed by atoms with van der Waals surface area (Å²) in [5.41, 5.74) is 6.46. The van der Waals surface area contributed by atoms with Gasteiger partial charge in [0.05, 0.1) is 0 Å². The quantitative estimate of drug-likeness (QED) is 0.311. The van der Waals surface area contributed by atoms with Crippen molar-refractivity contribution in [2.24, 2.45) is 16.6 Å². The Balaban J connectivity index is 0.00000300. The third-order valence-electron chi connectivity index (χ3n) is 4.55. The molecule has 0 radical (unpaired) electrons. The Hall–Kier alpha value is -1.53. The molecule has 1 fully saturated rings. The fourth-order valence-electron chi connectivity index (χ4n) is 3.10. The van der Waals surface area contributed by atoms with Gasteiger partial charge in [-0.05, 0) is 67.6 Å². The Bertz CT molecular complexity index is 761. The van der Waals surface area contributed by atoms with E-state index in [2.05, 4.69) is 37.5 Å². The first-order valence-electron chi connectivity index (χ1n) is 9.05. The Labute approximate surface area is 189 Å². The third-order valence-corrected chi connectivity index (χ3v) is 5.41. The number of thiophene rings is 1. The second-order valence-electron chi connectivity index (χ2n) is 6.72. The number of nitrogens with two attached hydrogens (primary N) is 1. The van der Waals surface area contributed by atoms with Crippen LogP contribution in [-0.2, 0) is 6.54 Å². The zero-order valence-electron chi connectivity index (χ0n) is 15.7. The van der Waals surface area contributed by atoms with Gasteiger partial charge in [0, 0.05) is 23.7 Å². The molecule has 2 heterocycles.